The van der Waals surface area contributed by atoms with Crippen LogP contribution >= 0.6 is 11.3 Å². The van der Waals surface area contributed by atoms with Crippen LogP contribution in [0.5, 0.6) is 0 Å². The lowest BCUT2D eigenvalue weighted by Gasteiger charge is -2.38. The maximum absolute atomic E-state index is 12.6. The van der Waals surface area contributed by atoms with E-state index in [4.69, 9.17) is 4.52 Å². The predicted octanol–water partition coefficient (Wildman–Crippen LogP) is 3.68. The zero-order valence-electron chi connectivity index (χ0n) is 15.9. The van der Waals surface area contributed by atoms with Gasteiger partial charge in [0.1, 0.15) is 5.76 Å². The average Bonchev–Trinajstić information content (AvgIpc) is 3.25. The molecule has 1 amide bonds. The number of carbonyl (C=O) groups is 1. The molecule has 0 bridgehead atoms. The number of hydrogen-bond acceptors (Lipinski definition) is 5. The lowest BCUT2D eigenvalue weighted by Crippen LogP contribution is -2.41. The van der Waals surface area contributed by atoms with Crippen LogP contribution in [-0.2, 0) is 17.9 Å². The molecule has 0 saturated carbocycles. The summed E-state index contributed by atoms with van der Waals surface area (Å²) >= 11 is 1.85. The first kappa shape index (κ1) is 17.7. The topological polar surface area (TPSA) is 49.6 Å². The van der Waals surface area contributed by atoms with Gasteiger partial charge in [-0.25, -0.2) is 0 Å². The van der Waals surface area contributed by atoms with Crippen LogP contribution in [0.4, 0.5) is 0 Å². The van der Waals surface area contributed by atoms with Crippen LogP contribution in [-0.4, -0.2) is 40.5 Å². The molecule has 1 spiro atoms. The summed E-state index contributed by atoms with van der Waals surface area (Å²) in [5.41, 5.74) is 3.53. The molecule has 0 atom stereocenters. The Hall–Kier alpha value is -1.66. The van der Waals surface area contributed by atoms with Crippen molar-refractivity contribution in [2.75, 3.05) is 19.6 Å². The first-order valence-electron chi connectivity index (χ1n) is 9.41. The lowest BCUT2D eigenvalue weighted by atomic mass is 9.77. The molecule has 0 radical (unpaired) electrons. The van der Waals surface area contributed by atoms with E-state index in [0.717, 1.165) is 56.0 Å². The van der Waals surface area contributed by atoms with Gasteiger partial charge in [0.2, 0.25) is 5.91 Å². The van der Waals surface area contributed by atoms with Crippen LogP contribution in [0.15, 0.2) is 16.0 Å². The average molecular weight is 374 g/mol. The van der Waals surface area contributed by atoms with E-state index in [0.29, 0.717) is 13.0 Å². The Morgan fingerprint density at radius 3 is 2.62 bits per heavy atom. The van der Waals surface area contributed by atoms with Gasteiger partial charge in [-0.05, 0) is 69.1 Å². The van der Waals surface area contributed by atoms with Gasteiger partial charge in [-0.2, -0.15) is 0 Å². The van der Waals surface area contributed by atoms with Gasteiger partial charge in [0.05, 0.1) is 12.2 Å². The summed E-state index contributed by atoms with van der Waals surface area (Å²) in [6.45, 7) is 10.8. The molecule has 6 heteroatoms. The largest absolute Gasteiger partial charge is 0.361 e. The Bertz CT molecular complexity index is 782. The van der Waals surface area contributed by atoms with Crippen molar-refractivity contribution in [3.8, 4) is 0 Å². The van der Waals surface area contributed by atoms with Crippen molar-refractivity contribution in [2.24, 2.45) is 5.41 Å². The number of amides is 1. The van der Waals surface area contributed by atoms with E-state index in [9.17, 15) is 4.79 Å². The highest BCUT2D eigenvalue weighted by molar-refractivity contribution is 7.10. The standard InChI is InChI=1S/C20H27N3O2S/c1-14-4-9-26-18(14)12-22-7-5-20(6-8-22)10-19(24)23(13-20)11-17-15(2)21-25-16(17)3/h4,9H,5-8,10-13H2,1-3H3. The Kier molecular flexibility index (Phi) is 4.65. The van der Waals surface area contributed by atoms with Gasteiger partial charge in [-0.15, -0.1) is 11.3 Å². The van der Waals surface area contributed by atoms with Gasteiger partial charge in [-0.1, -0.05) is 5.16 Å². The molecular weight excluding hydrogens is 346 g/mol. The molecule has 26 heavy (non-hydrogen) atoms. The molecule has 2 aromatic rings. The molecule has 0 N–H and O–H groups in total. The molecule has 0 aliphatic carbocycles. The van der Waals surface area contributed by atoms with E-state index in [-0.39, 0.29) is 11.3 Å². The first-order chi connectivity index (χ1) is 12.5. The molecule has 2 aliphatic rings. The Morgan fingerprint density at radius 1 is 1.23 bits per heavy atom. The van der Waals surface area contributed by atoms with Crippen LogP contribution in [0.1, 0.15) is 46.7 Å². The predicted molar refractivity (Wildman–Crippen MR) is 102 cm³/mol. The summed E-state index contributed by atoms with van der Waals surface area (Å²) in [6, 6.07) is 2.20. The first-order valence-corrected chi connectivity index (χ1v) is 10.3. The molecule has 0 unspecified atom stereocenters. The number of aryl methyl sites for hydroxylation is 3. The van der Waals surface area contributed by atoms with Crippen molar-refractivity contribution in [1.29, 1.82) is 0 Å². The maximum atomic E-state index is 12.6. The second kappa shape index (κ2) is 6.82. The Balaban J connectivity index is 1.37. The summed E-state index contributed by atoms with van der Waals surface area (Å²) in [4.78, 5) is 18.7. The van der Waals surface area contributed by atoms with E-state index in [2.05, 4.69) is 28.4 Å². The number of carbonyl (C=O) groups excluding carboxylic acids is 1. The van der Waals surface area contributed by atoms with Crippen LogP contribution in [0, 0.1) is 26.2 Å². The van der Waals surface area contributed by atoms with E-state index >= 15 is 0 Å². The zero-order chi connectivity index (χ0) is 18.3. The fourth-order valence-corrected chi connectivity index (χ4v) is 5.28. The van der Waals surface area contributed by atoms with Crippen LogP contribution in [0.25, 0.3) is 0 Å². The van der Waals surface area contributed by atoms with Gasteiger partial charge < -0.3 is 9.42 Å². The SMILES string of the molecule is Cc1ccsc1CN1CCC2(CC1)CC(=O)N(Cc1c(C)noc1C)C2. The fourth-order valence-electron chi connectivity index (χ4n) is 4.33. The number of thiophene rings is 1. The molecule has 5 nitrogen and oxygen atoms in total. The molecule has 2 saturated heterocycles. The van der Waals surface area contributed by atoms with E-state index in [1.165, 1.54) is 10.4 Å². The Morgan fingerprint density at radius 2 is 2.00 bits per heavy atom. The third kappa shape index (κ3) is 3.32. The zero-order valence-corrected chi connectivity index (χ0v) is 16.7. The Labute approximate surface area is 159 Å². The number of rotatable bonds is 4. The number of nitrogens with zero attached hydrogens (tertiary/aromatic N) is 3. The van der Waals surface area contributed by atoms with Crippen LogP contribution in [0.2, 0.25) is 0 Å². The summed E-state index contributed by atoms with van der Waals surface area (Å²) in [6.07, 6.45) is 2.92. The highest BCUT2D eigenvalue weighted by atomic mass is 32.1. The summed E-state index contributed by atoms with van der Waals surface area (Å²) in [5.74, 6) is 1.12. The van der Waals surface area contributed by atoms with Gasteiger partial charge in [-0.3, -0.25) is 9.69 Å². The fraction of sp³-hybridized carbons (Fsp3) is 0.600. The minimum absolute atomic E-state index is 0.164. The molecule has 2 fully saturated rings. The van der Waals surface area contributed by atoms with Crippen molar-refractivity contribution < 1.29 is 9.32 Å². The molecule has 4 rings (SSSR count). The van der Waals surface area contributed by atoms with Gasteiger partial charge >= 0.3 is 0 Å². The number of likely N-dealkylation sites (tertiary alicyclic amines) is 2. The summed E-state index contributed by atoms with van der Waals surface area (Å²) in [5, 5.41) is 6.20. The second-order valence-electron chi connectivity index (χ2n) is 8.03. The highest BCUT2D eigenvalue weighted by Crippen LogP contribution is 2.42. The van der Waals surface area contributed by atoms with Crippen molar-refractivity contribution in [3.63, 3.8) is 0 Å². The van der Waals surface area contributed by atoms with Crippen LogP contribution in [0.3, 0.4) is 0 Å². The molecule has 0 aromatic carbocycles. The lowest BCUT2D eigenvalue weighted by molar-refractivity contribution is -0.128. The number of hydrogen-bond donors (Lipinski definition) is 0. The maximum Gasteiger partial charge on any atom is 0.223 e. The van der Waals surface area contributed by atoms with Crippen molar-refractivity contribution in [2.45, 2.75) is 53.1 Å². The van der Waals surface area contributed by atoms with Gasteiger partial charge in [0.25, 0.3) is 0 Å². The monoisotopic (exact) mass is 373 g/mol. The van der Waals surface area contributed by atoms with Gasteiger partial charge in [0.15, 0.2) is 0 Å². The third-order valence-corrected chi connectivity index (χ3v) is 7.20. The number of aromatic nitrogens is 1. The minimum Gasteiger partial charge on any atom is -0.361 e. The second-order valence-corrected chi connectivity index (χ2v) is 9.03. The quantitative estimate of drug-likeness (QED) is 0.820. The molecular formula is C20H27N3O2S. The van der Waals surface area contributed by atoms with E-state index < -0.39 is 0 Å². The number of piperidine rings is 1. The molecule has 2 aliphatic heterocycles. The highest BCUT2D eigenvalue weighted by Gasteiger charge is 2.45. The normalized spacial score (nSPS) is 20.4. The third-order valence-electron chi connectivity index (χ3n) is 6.19. The summed E-state index contributed by atoms with van der Waals surface area (Å²) < 4.78 is 5.26. The molecule has 4 heterocycles. The smallest absolute Gasteiger partial charge is 0.223 e. The molecule has 140 valence electrons. The van der Waals surface area contributed by atoms with E-state index in [1.54, 1.807) is 0 Å². The summed E-state index contributed by atoms with van der Waals surface area (Å²) in [7, 11) is 0. The van der Waals surface area contributed by atoms with Crippen molar-refractivity contribution >= 4 is 17.2 Å². The van der Waals surface area contributed by atoms with E-state index in [1.807, 2.05) is 30.1 Å². The molecule has 2 aromatic heterocycles. The van der Waals surface area contributed by atoms with Crippen molar-refractivity contribution in [3.05, 3.63) is 38.9 Å². The van der Waals surface area contributed by atoms with Gasteiger partial charge in [0, 0.05) is 30.0 Å². The minimum atomic E-state index is 0.164. The van der Waals surface area contributed by atoms with Crippen LogP contribution < -0.4 is 0 Å². The van der Waals surface area contributed by atoms with Crippen molar-refractivity contribution in [1.82, 2.24) is 15.0 Å².